The van der Waals surface area contributed by atoms with Crippen molar-refractivity contribution in [1.29, 1.82) is 0 Å². The van der Waals surface area contributed by atoms with Gasteiger partial charge in [0, 0.05) is 36.1 Å². The van der Waals surface area contributed by atoms with Gasteiger partial charge in [0.25, 0.3) is 5.91 Å². The number of carbonyl (C=O) groups is 2. The Kier molecular flexibility index (Phi) is 10.4. The number of halogens is 1. The van der Waals surface area contributed by atoms with E-state index in [0.29, 0.717) is 42.3 Å². The van der Waals surface area contributed by atoms with E-state index in [4.69, 9.17) is 14.2 Å². The number of rotatable bonds is 12. The molecule has 1 aliphatic rings. The number of amides is 1. The molecule has 4 aromatic rings. The number of aliphatic carboxylic acids is 1. The molecule has 1 unspecified atom stereocenters. The lowest BCUT2D eigenvalue weighted by Gasteiger charge is -2.26. The molecular formula is C34H33BrN2O6. The maximum Gasteiger partial charge on any atom is 0.326 e. The Labute approximate surface area is 259 Å². The molecule has 0 aromatic heterocycles. The Bertz CT molecular complexity index is 1520. The van der Waals surface area contributed by atoms with Crippen LogP contribution < -0.4 is 14.8 Å². The smallest absolute Gasteiger partial charge is 0.326 e. The van der Waals surface area contributed by atoms with Gasteiger partial charge >= 0.3 is 5.97 Å². The van der Waals surface area contributed by atoms with Crippen LogP contribution in [0.4, 0.5) is 0 Å². The normalized spacial score (nSPS) is 14.1. The van der Waals surface area contributed by atoms with Crippen LogP contribution in [-0.4, -0.2) is 67.4 Å². The van der Waals surface area contributed by atoms with E-state index in [1.807, 2.05) is 78.9 Å². The zero-order chi connectivity index (χ0) is 30.0. The van der Waals surface area contributed by atoms with E-state index >= 15 is 0 Å². The minimum absolute atomic E-state index is 0.116. The first kappa shape index (κ1) is 30.3. The second kappa shape index (κ2) is 14.8. The van der Waals surface area contributed by atoms with Crippen LogP contribution in [0.15, 0.2) is 102 Å². The third kappa shape index (κ3) is 8.44. The summed E-state index contributed by atoms with van der Waals surface area (Å²) in [6.45, 7) is 4.17. The van der Waals surface area contributed by atoms with Gasteiger partial charge in [0.15, 0.2) is 0 Å². The van der Waals surface area contributed by atoms with Crippen molar-refractivity contribution in [2.45, 2.75) is 12.5 Å². The predicted molar refractivity (Wildman–Crippen MR) is 168 cm³/mol. The Balaban J connectivity index is 1.25. The molecule has 1 atom stereocenters. The fourth-order valence-corrected chi connectivity index (χ4v) is 5.18. The lowest BCUT2D eigenvalue weighted by Crippen LogP contribution is -2.42. The fourth-order valence-electron chi connectivity index (χ4n) is 4.82. The van der Waals surface area contributed by atoms with Crippen molar-refractivity contribution < 1.29 is 28.9 Å². The average Bonchev–Trinajstić information content (AvgIpc) is 3.03. The number of ether oxygens (including phenoxy) is 3. The van der Waals surface area contributed by atoms with Gasteiger partial charge < -0.3 is 24.6 Å². The van der Waals surface area contributed by atoms with Gasteiger partial charge in [-0.15, -0.1) is 0 Å². The summed E-state index contributed by atoms with van der Waals surface area (Å²) in [5, 5.41) is 12.6. The van der Waals surface area contributed by atoms with Crippen molar-refractivity contribution in [2.75, 3.05) is 39.5 Å². The Hall–Kier alpha value is -4.18. The molecule has 222 valence electrons. The molecule has 0 bridgehead atoms. The van der Waals surface area contributed by atoms with Crippen LogP contribution in [0, 0.1) is 0 Å². The first-order chi connectivity index (χ1) is 21.0. The summed E-state index contributed by atoms with van der Waals surface area (Å²) in [5.41, 5.74) is 2.89. The number of carboxylic acid groups (broad SMARTS) is 1. The Morgan fingerprint density at radius 1 is 0.907 bits per heavy atom. The van der Waals surface area contributed by atoms with Crippen molar-refractivity contribution in [3.05, 3.63) is 113 Å². The van der Waals surface area contributed by atoms with Crippen LogP contribution in [0.5, 0.6) is 17.2 Å². The Morgan fingerprint density at radius 2 is 1.63 bits per heavy atom. The van der Waals surface area contributed by atoms with E-state index in [-0.39, 0.29) is 12.0 Å². The minimum atomic E-state index is -1.13. The SMILES string of the molecule is O=C(NC(Cc1ccc(-c2ccccc2Oc2ccccc2)cc1)C(=O)O)c1cc(Br)ccc1OCCN1CCOCC1. The third-order valence-corrected chi connectivity index (χ3v) is 7.61. The molecule has 1 amide bonds. The van der Waals surface area contributed by atoms with Crippen molar-refractivity contribution >= 4 is 27.8 Å². The molecule has 5 rings (SSSR count). The largest absolute Gasteiger partial charge is 0.491 e. The zero-order valence-corrected chi connectivity index (χ0v) is 25.2. The highest BCUT2D eigenvalue weighted by molar-refractivity contribution is 9.10. The van der Waals surface area contributed by atoms with Gasteiger partial charge in [0.1, 0.15) is 29.9 Å². The number of para-hydroxylation sites is 2. The first-order valence-corrected chi connectivity index (χ1v) is 14.9. The molecule has 1 saturated heterocycles. The van der Waals surface area contributed by atoms with Gasteiger partial charge in [0.05, 0.1) is 18.8 Å². The quantitative estimate of drug-likeness (QED) is 0.194. The summed E-state index contributed by atoms with van der Waals surface area (Å²) >= 11 is 3.41. The summed E-state index contributed by atoms with van der Waals surface area (Å²) in [6.07, 6.45) is 0.116. The van der Waals surface area contributed by atoms with Gasteiger partial charge in [-0.05, 0) is 47.5 Å². The van der Waals surface area contributed by atoms with Gasteiger partial charge in [-0.25, -0.2) is 4.79 Å². The van der Waals surface area contributed by atoms with Crippen LogP contribution in [-0.2, 0) is 16.0 Å². The molecule has 4 aromatic carbocycles. The number of carboxylic acids is 1. The molecule has 0 spiro atoms. The molecule has 0 aliphatic carbocycles. The van der Waals surface area contributed by atoms with Crippen molar-refractivity contribution in [2.24, 2.45) is 0 Å². The summed E-state index contributed by atoms with van der Waals surface area (Å²) in [6, 6.07) is 28.9. The molecule has 8 nitrogen and oxygen atoms in total. The zero-order valence-electron chi connectivity index (χ0n) is 23.6. The van der Waals surface area contributed by atoms with E-state index in [0.717, 1.165) is 35.5 Å². The van der Waals surface area contributed by atoms with E-state index in [2.05, 4.69) is 26.1 Å². The number of nitrogens with zero attached hydrogens (tertiary/aromatic N) is 1. The second-order valence-corrected chi connectivity index (χ2v) is 11.0. The number of morpholine rings is 1. The van der Waals surface area contributed by atoms with Crippen molar-refractivity contribution in [1.82, 2.24) is 10.2 Å². The summed E-state index contributed by atoms with van der Waals surface area (Å²) in [7, 11) is 0. The van der Waals surface area contributed by atoms with Gasteiger partial charge in [-0.1, -0.05) is 76.6 Å². The standard InChI is InChI=1S/C34H33BrN2O6/c35-26-14-15-31(42-21-18-37-16-19-41-20-17-37)29(23-26)33(38)36-30(34(39)40)22-24-10-12-25(13-11-24)28-8-4-5-9-32(28)43-27-6-2-1-3-7-27/h1-15,23,30H,16-22H2,(H,36,38)(H,39,40). The van der Waals surface area contributed by atoms with Gasteiger partial charge in [-0.3, -0.25) is 9.69 Å². The maximum absolute atomic E-state index is 13.3. The maximum atomic E-state index is 13.3. The molecule has 1 heterocycles. The topological polar surface area (TPSA) is 97.3 Å². The van der Waals surface area contributed by atoms with Gasteiger partial charge in [-0.2, -0.15) is 0 Å². The molecule has 1 fully saturated rings. The van der Waals surface area contributed by atoms with E-state index in [1.54, 1.807) is 18.2 Å². The monoisotopic (exact) mass is 644 g/mol. The molecule has 2 N–H and O–H groups in total. The number of hydrogen-bond acceptors (Lipinski definition) is 6. The summed E-state index contributed by atoms with van der Waals surface area (Å²) in [5.74, 6) is 0.221. The number of benzene rings is 4. The van der Waals surface area contributed by atoms with E-state index in [1.165, 1.54) is 0 Å². The van der Waals surface area contributed by atoms with Crippen LogP contribution >= 0.6 is 15.9 Å². The van der Waals surface area contributed by atoms with Crippen LogP contribution in [0.3, 0.4) is 0 Å². The second-order valence-electron chi connectivity index (χ2n) is 10.1. The van der Waals surface area contributed by atoms with Crippen molar-refractivity contribution in [3.63, 3.8) is 0 Å². The minimum Gasteiger partial charge on any atom is -0.491 e. The van der Waals surface area contributed by atoms with E-state index < -0.39 is 17.9 Å². The van der Waals surface area contributed by atoms with E-state index in [9.17, 15) is 14.7 Å². The Morgan fingerprint density at radius 3 is 2.37 bits per heavy atom. The molecular weight excluding hydrogens is 612 g/mol. The molecule has 0 saturated carbocycles. The van der Waals surface area contributed by atoms with Crippen LogP contribution in [0.25, 0.3) is 11.1 Å². The summed E-state index contributed by atoms with van der Waals surface area (Å²) < 4.78 is 18.1. The fraction of sp³-hybridized carbons (Fsp3) is 0.235. The summed E-state index contributed by atoms with van der Waals surface area (Å²) in [4.78, 5) is 27.7. The molecule has 43 heavy (non-hydrogen) atoms. The lowest BCUT2D eigenvalue weighted by molar-refractivity contribution is -0.139. The highest BCUT2D eigenvalue weighted by atomic mass is 79.9. The van der Waals surface area contributed by atoms with Crippen molar-refractivity contribution in [3.8, 4) is 28.4 Å². The van der Waals surface area contributed by atoms with Crippen LogP contribution in [0.1, 0.15) is 15.9 Å². The van der Waals surface area contributed by atoms with Gasteiger partial charge in [0.2, 0.25) is 0 Å². The predicted octanol–water partition coefficient (Wildman–Crippen LogP) is 6.05. The number of hydrogen-bond donors (Lipinski definition) is 2. The average molecular weight is 646 g/mol. The van der Waals surface area contributed by atoms with Crippen LogP contribution in [0.2, 0.25) is 0 Å². The molecule has 1 aliphatic heterocycles. The third-order valence-electron chi connectivity index (χ3n) is 7.12. The first-order valence-electron chi connectivity index (χ1n) is 14.1. The number of nitrogens with one attached hydrogen (secondary N) is 1. The molecule has 9 heteroatoms. The highest BCUT2D eigenvalue weighted by Crippen LogP contribution is 2.33. The highest BCUT2D eigenvalue weighted by Gasteiger charge is 2.24. The number of carbonyl (C=O) groups excluding carboxylic acids is 1. The lowest BCUT2D eigenvalue weighted by atomic mass is 9.99. The molecule has 0 radical (unpaired) electrons.